The van der Waals surface area contributed by atoms with Gasteiger partial charge in [-0.15, -0.1) is 0 Å². The van der Waals surface area contributed by atoms with Crippen molar-refractivity contribution >= 4 is 5.78 Å². The number of epoxide rings is 1. The molecule has 0 bridgehead atoms. The molecular formula is C8H10O4. The minimum Gasteiger partial charge on any atom is -0.384 e. The Labute approximate surface area is 69.5 Å². The van der Waals surface area contributed by atoms with Crippen LogP contribution < -0.4 is 0 Å². The van der Waals surface area contributed by atoms with Gasteiger partial charge < -0.3 is 14.6 Å². The van der Waals surface area contributed by atoms with Crippen LogP contribution >= 0.6 is 0 Å². The molecule has 1 saturated carbocycles. The fourth-order valence-corrected chi connectivity index (χ4v) is 2.27. The fourth-order valence-electron chi connectivity index (χ4n) is 2.27. The van der Waals surface area contributed by atoms with Gasteiger partial charge >= 0.3 is 0 Å². The summed E-state index contributed by atoms with van der Waals surface area (Å²) < 4.78 is 10.4. The second kappa shape index (κ2) is 1.89. The lowest BCUT2D eigenvalue weighted by Crippen LogP contribution is -2.50. The highest BCUT2D eigenvalue weighted by Gasteiger charge is 2.66. The molecule has 1 N–H and O–H groups in total. The summed E-state index contributed by atoms with van der Waals surface area (Å²) >= 11 is 0. The lowest BCUT2D eigenvalue weighted by atomic mass is 9.81. The highest BCUT2D eigenvalue weighted by molar-refractivity contribution is 5.88. The molecule has 4 atom stereocenters. The first kappa shape index (κ1) is 7.00. The van der Waals surface area contributed by atoms with Crippen molar-refractivity contribution in [1.29, 1.82) is 0 Å². The van der Waals surface area contributed by atoms with Crippen molar-refractivity contribution in [1.82, 2.24) is 0 Å². The van der Waals surface area contributed by atoms with E-state index in [0.29, 0.717) is 19.4 Å². The van der Waals surface area contributed by atoms with Crippen LogP contribution in [0.15, 0.2) is 0 Å². The highest BCUT2D eigenvalue weighted by atomic mass is 16.6. The molecule has 1 aliphatic carbocycles. The Balaban J connectivity index is 1.95. The number of hydrogen-bond acceptors (Lipinski definition) is 4. The highest BCUT2D eigenvalue weighted by Crippen LogP contribution is 2.47. The molecule has 2 heterocycles. The predicted molar refractivity (Wildman–Crippen MR) is 37.6 cm³/mol. The van der Waals surface area contributed by atoms with E-state index in [9.17, 15) is 9.90 Å². The van der Waals surface area contributed by atoms with Gasteiger partial charge in [-0.05, 0) is 0 Å². The van der Waals surface area contributed by atoms with E-state index in [-0.39, 0.29) is 24.1 Å². The maximum absolute atomic E-state index is 11.2. The first-order valence-electron chi connectivity index (χ1n) is 4.24. The summed E-state index contributed by atoms with van der Waals surface area (Å²) in [6.45, 7) is 0.543. The van der Waals surface area contributed by atoms with Crippen LogP contribution in [0, 0.1) is 0 Å². The van der Waals surface area contributed by atoms with Gasteiger partial charge in [0.2, 0.25) is 0 Å². The van der Waals surface area contributed by atoms with Crippen LogP contribution in [0.3, 0.4) is 0 Å². The Morgan fingerprint density at radius 1 is 1.58 bits per heavy atom. The molecule has 2 aliphatic heterocycles. The number of Topliss-reactive ketones (excluding diaryl/α,β-unsaturated/α-hetero) is 1. The molecule has 0 spiro atoms. The summed E-state index contributed by atoms with van der Waals surface area (Å²) in [5, 5.41) is 10.0. The third-order valence-electron chi connectivity index (χ3n) is 3.07. The Bertz CT molecular complexity index is 251. The molecule has 4 nitrogen and oxygen atoms in total. The topological polar surface area (TPSA) is 59.1 Å². The lowest BCUT2D eigenvalue weighted by Gasteiger charge is -2.28. The molecule has 3 rings (SSSR count). The molecule has 0 aromatic rings. The Morgan fingerprint density at radius 3 is 3.25 bits per heavy atom. The number of carbonyl (C=O) groups excluding carboxylic acids is 1. The molecule has 12 heavy (non-hydrogen) atoms. The van der Waals surface area contributed by atoms with Crippen LogP contribution in [0.1, 0.15) is 12.8 Å². The van der Waals surface area contributed by atoms with Crippen molar-refractivity contribution in [3.8, 4) is 0 Å². The zero-order valence-electron chi connectivity index (χ0n) is 6.53. The number of ketones is 1. The van der Waals surface area contributed by atoms with E-state index in [1.807, 2.05) is 0 Å². The van der Waals surface area contributed by atoms with E-state index in [2.05, 4.69) is 0 Å². The molecule has 2 saturated heterocycles. The largest absolute Gasteiger partial charge is 0.384 e. The van der Waals surface area contributed by atoms with Crippen LogP contribution in [-0.4, -0.2) is 41.4 Å². The standard InChI is InChI=1S/C8H10O4/c9-4-3-5-8(10,1-2-11-5)7-6(4)12-7/h5-7,10H,1-3H2/t5-,6-,7-,8+/m0/s1. The van der Waals surface area contributed by atoms with Crippen molar-refractivity contribution in [3.05, 3.63) is 0 Å². The van der Waals surface area contributed by atoms with Gasteiger partial charge in [0.05, 0.1) is 12.7 Å². The molecule has 0 amide bonds. The molecule has 3 aliphatic rings. The zero-order valence-corrected chi connectivity index (χ0v) is 6.53. The quantitative estimate of drug-likeness (QED) is 0.486. The Kier molecular flexibility index (Phi) is 1.10. The van der Waals surface area contributed by atoms with Gasteiger partial charge in [-0.3, -0.25) is 4.79 Å². The maximum atomic E-state index is 11.2. The number of ether oxygens (including phenoxy) is 2. The van der Waals surface area contributed by atoms with Gasteiger partial charge in [-0.25, -0.2) is 0 Å². The average molecular weight is 170 g/mol. The van der Waals surface area contributed by atoms with Crippen molar-refractivity contribution in [2.75, 3.05) is 6.61 Å². The summed E-state index contributed by atoms with van der Waals surface area (Å²) in [7, 11) is 0. The molecule has 4 heteroatoms. The molecule has 0 radical (unpaired) electrons. The minimum absolute atomic E-state index is 0.0802. The van der Waals surface area contributed by atoms with E-state index in [1.54, 1.807) is 0 Å². The molecule has 3 fully saturated rings. The number of aliphatic hydroxyl groups is 1. The molecule has 0 aromatic heterocycles. The van der Waals surface area contributed by atoms with E-state index in [4.69, 9.17) is 9.47 Å². The monoisotopic (exact) mass is 170 g/mol. The first-order chi connectivity index (χ1) is 5.72. The second-order valence-corrected chi connectivity index (χ2v) is 3.75. The molecule has 0 unspecified atom stereocenters. The molecular weight excluding hydrogens is 160 g/mol. The smallest absolute Gasteiger partial charge is 0.167 e. The summed E-state index contributed by atoms with van der Waals surface area (Å²) in [6, 6.07) is 0. The van der Waals surface area contributed by atoms with Crippen molar-refractivity contribution in [3.63, 3.8) is 0 Å². The van der Waals surface area contributed by atoms with E-state index >= 15 is 0 Å². The number of carbonyl (C=O) groups is 1. The fraction of sp³-hybridized carbons (Fsp3) is 0.875. The average Bonchev–Trinajstić information content (AvgIpc) is 2.75. The van der Waals surface area contributed by atoms with Crippen LogP contribution in [0.4, 0.5) is 0 Å². The third kappa shape index (κ3) is 0.659. The normalized spacial score (nSPS) is 56.4. The molecule has 0 aromatic carbocycles. The number of fused-ring (bicyclic) bond motifs is 3. The molecule has 66 valence electrons. The Hall–Kier alpha value is -0.450. The third-order valence-corrected chi connectivity index (χ3v) is 3.07. The zero-order chi connectivity index (χ0) is 8.34. The van der Waals surface area contributed by atoms with Crippen molar-refractivity contribution < 1.29 is 19.4 Å². The van der Waals surface area contributed by atoms with E-state index < -0.39 is 5.60 Å². The van der Waals surface area contributed by atoms with Gasteiger partial charge in [0, 0.05) is 12.8 Å². The van der Waals surface area contributed by atoms with E-state index in [1.165, 1.54) is 0 Å². The predicted octanol–water partition coefficient (Wildman–Crippen LogP) is -0.753. The van der Waals surface area contributed by atoms with E-state index in [0.717, 1.165) is 0 Å². The summed E-state index contributed by atoms with van der Waals surface area (Å²) in [4.78, 5) is 11.2. The van der Waals surface area contributed by atoms with Gasteiger partial charge in [0.1, 0.15) is 17.8 Å². The minimum atomic E-state index is -0.863. The summed E-state index contributed by atoms with van der Waals surface area (Å²) in [5.41, 5.74) is -0.863. The second-order valence-electron chi connectivity index (χ2n) is 3.75. The number of rotatable bonds is 0. The van der Waals surface area contributed by atoms with Crippen LogP contribution in [0.25, 0.3) is 0 Å². The summed E-state index contributed by atoms with van der Waals surface area (Å²) in [5.74, 6) is 0.0802. The van der Waals surface area contributed by atoms with Crippen LogP contribution in [-0.2, 0) is 14.3 Å². The maximum Gasteiger partial charge on any atom is 0.167 e. The van der Waals surface area contributed by atoms with Crippen molar-refractivity contribution in [2.45, 2.75) is 36.8 Å². The van der Waals surface area contributed by atoms with Crippen LogP contribution in [0.5, 0.6) is 0 Å². The Morgan fingerprint density at radius 2 is 2.42 bits per heavy atom. The first-order valence-corrected chi connectivity index (χ1v) is 4.24. The summed E-state index contributed by atoms with van der Waals surface area (Å²) in [6.07, 6.45) is 0.0111. The lowest BCUT2D eigenvalue weighted by molar-refractivity contribution is -0.129. The van der Waals surface area contributed by atoms with Gasteiger partial charge in [0.25, 0.3) is 0 Å². The number of hydrogen-bond donors (Lipinski definition) is 1. The van der Waals surface area contributed by atoms with Crippen LogP contribution in [0.2, 0.25) is 0 Å². The van der Waals surface area contributed by atoms with Gasteiger partial charge in [-0.1, -0.05) is 0 Å². The SMILES string of the molecule is O=C1C[C@@H]2OCC[C@]2(O)[C@H]2O[C@@H]12. The van der Waals surface area contributed by atoms with Gasteiger partial charge in [-0.2, -0.15) is 0 Å². The van der Waals surface area contributed by atoms with Crippen molar-refractivity contribution in [2.24, 2.45) is 0 Å². The van der Waals surface area contributed by atoms with Gasteiger partial charge in [0.15, 0.2) is 5.78 Å².